The first-order valence-electron chi connectivity index (χ1n) is 6.69. The highest BCUT2D eigenvalue weighted by Gasteiger charge is 2.38. The standard InChI is InChI=1S/C15H15F3N2O3/c1-9-5-4-6-11(7-9)20(3)12(21)8-22-14-10(2)13(19-23-14)15(16,17)18/h4-7H,8H2,1-3H3. The molecule has 0 radical (unpaired) electrons. The van der Waals surface area contributed by atoms with Crippen molar-refractivity contribution in [2.45, 2.75) is 20.0 Å². The molecule has 0 aliphatic carbocycles. The van der Waals surface area contributed by atoms with Gasteiger partial charge in [-0.2, -0.15) is 13.2 Å². The van der Waals surface area contributed by atoms with Crippen molar-refractivity contribution < 1.29 is 27.2 Å². The Labute approximate surface area is 130 Å². The van der Waals surface area contributed by atoms with Gasteiger partial charge in [0.1, 0.15) is 0 Å². The van der Waals surface area contributed by atoms with Gasteiger partial charge in [0.2, 0.25) is 0 Å². The lowest BCUT2D eigenvalue weighted by molar-refractivity contribution is -0.143. The van der Waals surface area contributed by atoms with Crippen molar-refractivity contribution in [3.8, 4) is 5.95 Å². The van der Waals surface area contributed by atoms with Crippen molar-refractivity contribution in [1.82, 2.24) is 5.16 Å². The molecular formula is C15H15F3N2O3. The summed E-state index contributed by atoms with van der Waals surface area (Å²) in [5.74, 6) is -0.844. The van der Waals surface area contributed by atoms with Crippen molar-refractivity contribution in [2.75, 3.05) is 18.6 Å². The van der Waals surface area contributed by atoms with Crippen LogP contribution in [0, 0.1) is 13.8 Å². The topological polar surface area (TPSA) is 55.6 Å². The van der Waals surface area contributed by atoms with Crippen molar-refractivity contribution in [2.24, 2.45) is 0 Å². The Kier molecular flexibility index (Phi) is 4.63. The fraction of sp³-hybridized carbons (Fsp3) is 0.333. The molecule has 0 N–H and O–H groups in total. The molecule has 0 aliphatic heterocycles. The summed E-state index contributed by atoms with van der Waals surface area (Å²) in [6.45, 7) is 2.59. The fourth-order valence-electron chi connectivity index (χ4n) is 1.92. The number of aryl methyl sites for hydroxylation is 1. The Bertz CT molecular complexity index is 710. The molecule has 0 bridgehead atoms. The summed E-state index contributed by atoms with van der Waals surface area (Å²) in [6.07, 6.45) is -4.63. The summed E-state index contributed by atoms with van der Waals surface area (Å²) >= 11 is 0. The van der Waals surface area contributed by atoms with E-state index in [1.165, 1.54) is 11.8 Å². The van der Waals surface area contributed by atoms with E-state index in [9.17, 15) is 18.0 Å². The van der Waals surface area contributed by atoms with Crippen LogP contribution < -0.4 is 9.64 Å². The van der Waals surface area contributed by atoms with Crippen LogP contribution in [0.5, 0.6) is 5.95 Å². The molecule has 1 heterocycles. The third-order valence-corrected chi connectivity index (χ3v) is 3.24. The average Bonchev–Trinajstić information content (AvgIpc) is 2.85. The van der Waals surface area contributed by atoms with Crippen LogP contribution in [-0.4, -0.2) is 24.7 Å². The normalized spacial score (nSPS) is 11.4. The SMILES string of the molecule is Cc1cccc(N(C)C(=O)COc2onc(C(F)(F)F)c2C)c1. The molecule has 1 amide bonds. The molecule has 0 fully saturated rings. The number of ether oxygens (including phenoxy) is 1. The second-order valence-corrected chi connectivity index (χ2v) is 5.02. The average molecular weight is 328 g/mol. The van der Waals surface area contributed by atoms with Gasteiger partial charge in [-0.25, -0.2) is 0 Å². The Hall–Kier alpha value is -2.51. The maximum absolute atomic E-state index is 12.6. The Morgan fingerprint density at radius 1 is 1.35 bits per heavy atom. The van der Waals surface area contributed by atoms with Crippen molar-refractivity contribution in [1.29, 1.82) is 0 Å². The Balaban J connectivity index is 2.04. The van der Waals surface area contributed by atoms with Gasteiger partial charge in [-0.15, -0.1) is 0 Å². The van der Waals surface area contributed by atoms with Crippen LogP contribution in [0.25, 0.3) is 0 Å². The maximum atomic E-state index is 12.6. The molecule has 2 rings (SSSR count). The highest BCUT2D eigenvalue weighted by molar-refractivity contribution is 5.93. The molecule has 1 aromatic heterocycles. The number of rotatable bonds is 4. The molecule has 23 heavy (non-hydrogen) atoms. The van der Waals surface area contributed by atoms with Crippen LogP contribution in [0.15, 0.2) is 28.8 Å². The molecule has 5 nitrogen and oxygen atoms in total. The summed E-state index contributed by atoms with van der Waals surface area (Å²) < 4.78 is 47.3. The Morgan fingerprint density at radius 3 is 2.61 bits per heavy atom. The molecule has 0 aliphatic rings. The molecule has 0 atom stereocenters. The van der Waals surface area contributed by atoms with E-state index in [2.05, 4.69) is 9.68 Å². The van der Waals surface area contributed by atoms with Crippen LogP contribution in [0.4, 0.5) is 18.9 Å². The van der Waals surface area contributed by atoms with Gasteiger partial charge < -0.3 is 14.2 Å². The van der Waals surface area contributed by atoms with Crippen molar-refractivity contribution in [3.63, 3.8) is 0 Å². The summed E-state index contributed by atoms with van der Waals surface area (Å²) in [4.78, 5) is 13.4. The first-order valence-corrected chi connectivity index (χ1v) is 6.69. The van der Waals surface area contributed by atoms with Gasteiger partial charge in [-0.05, 0) is 31.5 Å². The number of halogens is 3. The number of likely N-dealkylation sites (N-methyl/N-ethyl adjacent to an activating group) is 1. The lowest BCUT2D eigenvalue weighted by Gasteiger charge is -2.17. The minimum atomic E-state index is -4.63. The van der Waals surface area contributed by atoms with Gasteiger partial charge in [0, 0.05) is 12.7 Å². The zero-order valence-electron chi connectivity index (χ0n) is 12.8. The quantitative estimate of drug-likeness (QED) is 0.864. The molecule has 1 aromatic carbocycles. The van der Waals surface area contributed by atoms with Crippen molar-refractivity contribution in [3.05, 3.63) is 41.1 Å². The zero-order valence-corrected chi connectivity index (χ0v) is 12.8. The lowest BCUT2D eigenvalue weighted by Crippen LogP contribution is -2.31. The third-order valence-electron chi connectivity index (χ3n) is 3.24. The number of hydrogen-bond acceptors (Lipinski definition) is 4. The first kappa shape index (κ1) is 16.9. The predicted molar refractivity (Wildman–Crippen MR) is 76.3 cm³/mol. The maximum Gasteiger partial charge on any atom is 0.437 e. The van der Waals surface area contributed by atoms with Crippen LogP contribution in [0.1, 0.15) is 16.8 Å². The van der Waals surface area contributed by atoms with Crippen LogP contribution in [-0.2, 0) is 11.0 Å². The van der Waals surface area contributed by atoms with E-state index in [4.69, 9.17) is 4.74 Å². The summed E-state index contributed by atoms with van der Waals surface area (Å²) in [7, 11) is 1.55. The first-order chi connectivity index (χ1) is 10.7. The highest BCUT2D eigenvalue weighted by Crippen LogP contribution is 2.34. The van der Waals surface area contributed by atoms with Crippen LogP contribution in [0.2, 0.25) is 0 Å². The lowest BCUT2D eigenvalue weighted by atomic mass is 10.2. The van der Waals surface area contributed by atoms with Gasteiger partial charge in [0.25, 0.3) is 5.91 Å². The molecule has 0 unspecified atom stereocenters. The molecule has 2 aromatic rings. The molecule has 124 valence electrons. The van der Waals surface area contributed by atoms with Crippen LogP contribution in [0.3, 0.4) is 0 Å². The summed E-state index contributed by atoms with van der Waals surface area (Å²) in [5.41, 5.74) is 0.184. The third kappa shape index (κ3) is 3.82. The molecule has 8 heteroatoms. The van der Waals surface area contributed by atoms with Crippen LogP contribution >= 0.6 is 0 Å². The van der Waals surface area contributed by atoms with Gasteiger partial charge in [0.15, 0.2) is 12.3 Å². The number of hydrogen-bond donors (Lipinski definition) is 0. The van der Waals surface area contributed by atoms with E-state index in [-0.39, 0.29) is 5.56 Å². The number of aromatic nitrogens is 1. The monoisotopic (exact) mass is 328 g/mol. The number of nitrogens with zero attached hydrogens (tertiary/aromatic N) is 2. The number of carbonyl (C=O) groups is 1. The molecule has 0 spiro atoms. The second-order valence-electron chi connectivity index (χ2n) is 5.02. The van der Waals surface area contributed by atoms with Gasteiger partial charge >= 0.3 is 12.1 Å². The second kappa shape index (κ2) is 6.31. The summed E-state index contributed by atoms with van der Waals surface area (Å²) in [5, 5.41) is 2.93. The number of anilines is 1. The minimum Gasteiger partial charge on any atom is -0.453 e. The van der Waals surface area contributed by atoms with E-state index in [1.54, 1.807) is 25.2 Å². The predicted octanol–water partition coefficient (Wildman–Crippen LogP) is 3.35. The van der Waals surface area contributed by atoms with E-state index in [0.717, 1.165) is 5.56 Å². The fourth-order valence-corrected chi connectivity index (χ4v) is 1.92. The van der Waals surface area contributed by atoms with E-state index in [0.29, 0.717) is 5.69 Å². The molecule has 0 saturated carbocycles. The van der Waals surface area contributed by atoms with E-state index >= 15 is 0 Å². The van der Waals surface area contributed by atoms with Gasteiger partial charge in [-0.1, -0.05) is 17.3 Å². The van der Waals surface area contributed by atoms with Gasteiger partial charge in [-0.3, -0.25) is 4.79 Å². The smallest absolute Gasteiger partial charge is 0.437 e. The zero-order chi connectivity index (χ0) is 17.2. The number of carbonyl (C=O) groups excluding carboxylic acids is 1. The van der Waals surface area contributed by atoms with Gasteiger partial charge in [0.05, 0.1) is 5.56 Å². The van der Waals surface area contributed by atoms with E-state index < -0.39 is 30.3 Å². The highest BCUT2D eigenvalue weighted by atomic mass is 19.4. The number of amides is 1. The summed E-state index contributed by atoms with van der Waals surface area (Å²) in [6, 6.07) is 7.23. The Morgan fingerprint density at radius 2 is 2.04 bits per heavy atom. The largest absolute Gasteiger partial charge is 0.453 e. The molecular weight excluding hydrogens is 313 g/mol. The number of alkyl halides is 3. The van der Waals surface area contributed by atoms with Crippen molar-refractivity contribution >= 4 is 11.6 Å². The minimum absolute atomic E-state index is 0.288. The van der Waals surface area contributed by atoms with E-state index in [1.807, 2.05) is 13.0 Å². The molecule has 0 saturated heterocycles. The number of benzene rings is 1.